The Morgan fingerprint density at radius 3 is 2.86 bits per heavy atom. The maximum absolute atomic E-state index is 12.6. The van der Waals surface area contributed by atoms with Crippen molar-refractivity contribution >= 4 is 23.0 Å². The molecule has 8 heteroatoms. The number of hydrogen-bond acceptors (Lipinski definition) is 6. The van der Waals surface area contributed by atoms with Crippen molar-refractivity contribution in [3.63, 3.8) is 0 Å². The molecule has 3 aromatic rings. The van der Waals surface area contributed by atoms with Gasteiger partial charge in [-0.1, -0.05) is 12.1 Å². The van der Waals surface area contributed by atoms with Gasteiger partial charge in [0.15, 0.2) is 5.69 Å². The molecule has 1 saturated heterocycles. The molecule has 4 rings (SSSR count). The zero-order chi connectivity index (χ0) is 19.7. The molecule has 0 radical (unpaired) electrons. The van der Waals surface area contributed by atoms with Gasteiger partial charge in [0.25, 0.3) is 5.91 Å². The molecule has 1 aliphatic heterocycles. The fourth-order valence-corrected chi connectivity index (χ4v) is 3.37. The molecule has 1 atom stereocenters. The van der Waals surface area contributed by atoms with Gasteiger partial charge in [-0.05, 0) is 30.7 Å². The number of carbonyl (C=O) groups excluding carboxylic acids is 1. The van der Waals surface area contributed by atoms with E-state index in [1.807, 2.05) is 18.2 Å². The first-order chi connectivity index (χ1) is 13.5. The predicted octanol–water partition coefficient (Wildman–Crippen LogP) is 1.85. The second-order valence-electron chi connectivity index (χ2n) is 7.04. The van der Waals surface area contributed by atoms with Crippen LogP contribution in [-0.2, 0) is 7.05 Å². The van der Waals surface area contributed by atoms with E-state index >= 15 is 0 Å². The zero-order valence-electron chi connectivity index (χ0n) is 15.7. The molecule has 144 valence electrons. The Labute approximate surface area is 163 Å². The number of nitrogen functional groups attached to an aromatic ring is 1. The molecule has 5 N–H and O–H groups in total. The van der Waals surface area contributed by atoms with Crippen LogP contribution >= 0.6 is 0 Å². The topological polar surface area (TPSA) is 115 Å². The second-order valence-corrected chi connectivity index (χ2v) is 7.04. The van der Waals surface area contributed by atoms with E-state index in [2.05, 4.69) is 32.4 Å². The largest absolute Gasteiger partial charge is 0.397 e. The summed E-state index contributed by atoms with van der Waals surface area (Å²) in [4.78, 5) is 19.4. The number of amides is 1. The van der Waals surface area contributed by atoms with E-state index in [1.54, 1.807) is 30.2 Å². The number of nitrogens with zero attached hydrogens (tertiary/aromatic N) is 4. The van der Waals surface area contributed by atoms with Crippen LogP contribution in [0.3, 0.4) is 0 Å². The second kappa shape index (κ2) is 7.32. The van der Waals surface area contributed by atoms with E-state index in [0.717, 1.165) is 30.8 Å². The number of nitrogens with two attached hydrogens (primary N) is 2. The molecule has 1 amide bonds. The van der Waals surface area contributed by atoms with Crippen LogP contribution in [0.25, 0.3) is 11.3 Å². The van der Waals surface area contributed by atoms with Gasteiger partial charge in [-0.3, -0.25) is 9.48 Å². The first kappa shape index (κ1) is 18.0. The maximum Gasteiger partial charge on any atom is 0.276 e. The molecule has 8 nitrogen and oxygen atoms in total. The number of rotatable bonds is 4. The number of aryl methyl sites for hydroxylation is 1. The lowest BCUT2D eigenvalue weighted by molar-refractivity contribution is 0.102. The smallest absolute Gasteiger partial charge is 0.276 e. The molecule has 0 aliphatic carbocycles. The summed E-state index contributed by atoms with van der Waals surface area (Å²) in [5.41, 5.74) is 15.9. The van der Waals surface area contributed by atoms with E-state index in [0.29, 0.717) is 17.1 Å². The van der Waals surface area contributed by atoms with E-state index in [9.17, 15) is 4.79 Å². The van der Waals surface area contributed by atoms with Crippen LogP contribution in [0, 0.1) is 0 Å². The summed E-state index contributed by atoms with van der Waals surface area (Å²) < 4.78 is 1.61. The van der Waals surface area contributed by atoms with Crippen molar-refractivity contribution in [2.75, 3.05) is 29.0 Å². The molecular weight excluding hydrogens is 354 g/mol. The Hall–Kier alpha value is -3.39. The van der Waals surface area contributed by atoms with Crippen molar-refractivity contribution in [3.05, 3.63) is 54.5 Å². The van der Waals surface area contributed by atoms with Crippen LogP contribution < -0.4 is 21.7 Å². The lowest BCUT2D eigenvalue weighted by Gasteiger charge is -2.19. The van der Waals surface area contributed by atoms with Gasteiger partial charge in [-0.15, -0.1) is 0 Å². The number of carbonyl (C=O) groups is 1. The van der Waals surface area contributed by atoms with E-state index < -0.39 is 0 Å². The van der Waals surface area contributed by atoms with Crippen molar-refractivity contribution in [2.45, 2.75) is 12.5 Å². The average Bonchev–Trinajstić information content (AvgIpc) is 3.30. The summed E-state index contributed by atoms with van der Waals surface area (Å²) in [5, 5.41) is 6.81. The van der Waals surface area contributed by atoms with Crippen LogP contribution in [0.5, 0.6) is 0 Å². The molecule has 1 fully saturated rings. The molecule has 1 unspecified atom stereocenters. The Morgan fingerprint density at radius 2 is 2.14 bits per heavy atom. The van der Waals surface area contributed by atoms with Crippen molar-refractivity contribution < 1.29 is 4.79 Å². The van der Waals surface area contributed by atoms with Crippen LogP contribution in [-0.4, -0.2) is 39.8 Å². The average molecular weight is 377 g/mol. The van der Waals surface area contributed by atoms with Gasteiger partial charge in [0.05, 0.1) is 23.3 Å². The van der Waals surface area contributed by atoms with Gasteiger partial charge < -0.3 is 21.7 Å². The standard InChI is InChI=1S/C20H23N7O/c1-26-12-15(10-23-26)24-20(28)19-17(22)5-6-18(25-19)13-3-2-4-16(9-13)27-8-7-14(21)11-27/h2-6,9-10,12,14H,7-8,11,21-22H2,1H3,(H,24,28). The third-order valence-corrected chi connectivity index (χ3v) is 4.84. The van der Waals surface area contributed by atoms with Crippen molar-refractivity contribution in [1.82, 2.24) is 14.8 Å². The number of anilines is 3. The van der Waals surface area contributed by atoms with Crippen LogP contribution in [0.1, 0.15) is 16.9 Å². The highest BCUT2D eigenvalue weighted by atomic mass is 16.1. The van der Waals surface area contributed by atoms with Crippen molar-refractivity contribution in [2.24, 2.45) is 12.8 Å². The Kier molecular flexibility index (Phi) is 4.70. The van der Waals surface area contributed by atoms with Crippen LogP contribution in [0.4, 0.5) is 17.1 Å². The van der Waals surface area contributed by atoms with Gasteiger partial charge in [0.1, 0.15) is 0 Å². The van der Waals surface area contributed by atoms with E-state index in [4.69, 9.17) is 11.5 Å². The lowest BCUT2D eigenvalue weighted by Crippen LogP contribution is -2.26. The number of nitrogens with one attached hydrogen (secondary N) is 1. The highest BCUT2D eigenvalue weighted by Gasteiger charge is 2.20. The molecule has 0 spiro atoms. The molecule has 1 aliphatic rings. The molecule has 0 bridgehead atoms. The quantitative estimate of drug-likeness (QED) is 0.639. The van der Waals surface area contributed by atoms with Gasteiger partial charge in [-0.2, -0.15) is 5.10 Å². The minimum Gasteiger partial charge on any atom is -0.397 e. The van der Waals surface area contributed by atoms with E-state index in [1.165, 1.54) is 0 Å². The monoisotopic (exact) mass is 377 g/mol. The van der Waals surface area contributed by atoms with Crippen molar-refractivity contribution in [1.29, 1.82) is 0 Å². The number of aromatic nitrogens is 3. The third-order valence-electron chi connectivity index (χ3n) is 4.84. The molecular formula is C20H23N7O. The minimum absolute atomic E-state index is 0.190. The Bertz CT molecular complexity index is 1010. The summed E-state index contributed by atoms with van der Waals surface area (Å²) in [6.07, 6.45) is 4.27. The fourth-order valence-electron chi connectivity index (χ4n) is 3.37. The number of hydrogen-bond donors (Lipinski definition) is 3. The molecule has 3 heterocycles. The number of pyridine rings is 1. The van der Waals surface area contributed by atoms with Crippen LogP contribution in [0.15, 0.2) is 48.8 Å². The summed E-state index contributed by atoms with van der Waals surface area (Å²) in [6.45, 7) is 1.79. The molecule has 28 heavy (non-hydrogen) atoms. The van der Waals surface area contributed by atoms with Crippen molar-refractivity contribution in [3.8, 4) is 11.3 Å². The van der Waals surface area contributed by atoms with Gasteiger partial charge in [-0.25, -0.2) is 4.98 Å². The first-order valence-corrected chi connectivity index (χ1v) is 9.17. The normalized spacial score (nSPS) is 16.4. The lowest BCUT2D eigenvalue weighted by atomic mass is 10.1. The first-order valence-electron chi connectivity index (χ1n) is 9.17. The molecule has 0 saturated carbocycles. The Balaban J connectivity index is 1.61. The fraction of sp³-hybridized carbons (Fsp3) is 0.250. The summed E-state index contributed by atoms with van der Waals surface area (Å²) in [7, 11) is 1.78. The summed E-state index contributed by atoms with van der Waals surface area (Å²) in [5.74, 6) is -0.367. The van der Waals surface area contributed by atoms with Gasteiger partial charge in [0, 0.05) is 43.6 Å². The Morgan fingerprint density at radius 1 is 1.29 bits per heavy atom. The molecule has 2 aromatic heterocycles. The molecule has 1 aromatic carbocycles. The minimum atomic E-state index is -0.367. The van der Waals surface area contributed by atoms with E-state index in [-0.39, 0.29) is 17.6 Å². The SMILES string of the molecule is Cn1cc(NC(=O)c2nc(-c3cccc(N4CCC(N)C4)c3)ccc2N)cn1. The maximum atomic E-state index is 12.6. The number of benzene rings is 1. The van der Waals surface area contributed by atoms with Crippen LogP contribution in [0.2, 0.25) is 0 Å². The third kappa shape index (κ3) is 3.67. The summed E-state index contributed by atoms with van der Waals surface area (Å²) >= 11 is 0. The van der Waals surface area contributed by atoms with Gasteiger partial charge in [0.2, 0.25) is 0 Å². The summed E-state index contributed by atoms with van der Waals surface area (Å²) in [6, 6.07) is 11.8. The predicted molar refractivity (Wildman–Crippen MR) is 110 cm³/mol. The van der Waals surface area contributed by atoms with Gasteiger partial charge >= 0.3 is 0 Å². The zero-order valence-corrected chi connectivity index (χ0v) is 15.7. The highest BCUT2D eigenvalue weighted by molar-refractivity contribution is 6.06. The highest BCUT2D eigenvalue weighted by Crippen LogP contribution is 2.27.